The van der Waals surface area contributed by atoms with Crippen molar-refractivity contribution in [2.45, 2.75) is 25.4 Å². The number of amides is 1. The van der Waals surface area contributed by atoms with Crippen LogP contribution in [-0.2, 0) is 23.8 Å². The molecular formula is C12H21NO5. The van der Waals surface area contributed by atoms with E-state index >= 15 is 0 Å². The SMILES string of the molecule is COCCN(CCC(=O)OC)C(=O)C1CCCO1. The fraction of sp³-hybridized carbons (Fsp3) is 0.833. The molecule has 0 aromatic heterocycles. The van der Waals surface area contributed by atoms with Crippen LogP contribution in [0.1, 0.15) is 19.3 Å². The first-order valence-corrected chi connectivity index (χ1v) is 6.15. The average molecular weight is 259 g/mol. The number of carbonyl (C=O) groups is 2. The standard InChI is InChI=1S/C12H21NO5/c1-16-9-7-13(6-5-11(14)17-2)12(15)10-4-3-8-18-10/h10H,3-9H2,1-2H3. The van der Waals surface area contributed by atoms with Crippen LogP contribution in [0.4, 0.5) is 0 Å². The van der Waals surface area contributed by atoms with Crippen LogP contribution in [0.2, 0.25) is 0 Å². The molecule has 0 saturated carbocycles. The van der Waals surface area contributed by atoms with Crippen molar-refractivity contribution < 1.29 is 23.8 Å². The molecule has 1 atom stereocenters. The van der Waals surface area contributed by atoms with Gasteiger partial charge < -0.3 is 19.1 Å². The lowest BCUT2D eigenvalue weighted by Crippen LogP contribution is -2.42. The zero-order valence-corrected chi connectivity index (χ0v) is 11.0. The van der Waals surface area contributed by atoms with E-state index in [1.807, 2.05) is 0 Å². The van der Waals surface area contributed by atoms with Crippen molar-refractivity contribution in [3.8, 4) is 0 Å². The number of carbonyl (C=O) groups excluding carboxylic acids is 2. The summed E-state index contributed by atoms with van der Waals surface area (Å²) >= 11 is 0. The molecule has 0 aromatic rings. The van der Waals surface area contributed by atoms with E-state index in [2.05, 4.69) is 4.74 Å². The molecule has 1 aliphatic heterocycles. The van der Waals surface area contributed by atoms with Gasteiger partial charge in [0.1, 0.15) is 6.10 Å². The van der Waals surface area contributed by atoms with Crippen LogP contribution in [0.3, 0.4) is 0 Å². The first-order chi connectivity index (χ1) is 8.69. The molecule has 104 valence electrons. The second-order valence-corrected chi connectivity index (χ2v) is 4.15. The summed E-state index contributed by atoms with van der Waals surface area (Å²) in [6, 6.07) is 0. The molecule has 0 radical (unpaired) electrons. The highest BCUT2D eigenvalue weighted by molar-refractivity contribution is 5.81. The van der Waals surface area contributed by atoms with Crippen molar-refractivity contribution in [1.29, 1.82) is 0 Å². The normalized spacial score (nSPS) is 18.7. The van der Waals surface area contributed by atoms with Gasteiger partial charge in [0.15, 0.2) is 0 Å². The van der Waals surface area contributed by atoms with E-state index in [1.54, 1.807) is 12.0 Å². The third-order valence-electron chi connectivity index (χ3n) is 2.90. The summed E-state index contributed by atoms with van der Waals surface area (Å²) in [7, 11) is 2.92. The summed E-state index contributed by atoms with van der Waals surface area (Å²) < 4.78 is 14.9. The van der Waals surface area contributed by atoms with E-state index in [-0.39, 0.29) is 24.4 Å². The summed E-state index contributed by atoms with van der Waals surface area (Å²) in [5, 5.41) is 0. The summed E-state index contributed by atoms with van der Waals surface area (Å²) in [5.41, 5.74) is 0. The Balaban J connectivity index is 2.47. The molecule has 6 nitrogen and oxygen atoms in total. The van der Waals surface area contributed by atoms with E-state index in [1.165, 1.54) is 7.11 Å². The van der Waals surface area contributed by atoms with Crippen LogP contribution < -0.4 is 0 Å². The van der Waals surface area contributed by atoms with Crippen molar-refractivity contribution >= 4 is 11.9 Å². The number of hydrogen-bond donors (Lipinski definition) is 0. The van der Waals surface area contributed by atoms with E-state index in [9.17, 15) is 9.59 Å². The minimum absolute atomic E-state index is 0.0616. The molecule has 0 N–H and O–H groups in total. The highest BCUT2D eigenvalue weighted by Crippen LogP contribution is 2.15. The van der Waals surface area contributed by atoms with E-state index in [4.69, 9.17) is 9.47 Å². The molecule has 1 unspecified atom stereocenters. The number of rotatable bonds is 7. The van der Waals surface area contributed by atoms with Gasteiger partial charge in [-0.25, -0.2) is 0 Å². The maximum atomic E-state index is 12.1. The number of esters is 1. The topological polar surface area (TPSA) is 65.1 Å². The molecule has 1 fully saturated rings. The predicted octanol–water partition coefficient (Wildman–Crippen LogP) is 0.204. The van der Waals surface area contributed by atoms with Gasteiger partial charge in [-0.15, -0.1) is 0 Å². The van der Waals surface area contributed by atoms with Crippen molar-refractivity contribution in [2.75, 3.05) is 40.5 Å². The predicted molar refractivity (Wildman–Crippen MR) is 64.1 cm³/mol. The molecule has 0 bridgehead atoms. The summed E-state index contributed by atoms with van der Waals surface area (Å²) in [6.45, 7) is 1.88. The van der Waals surface area contributed by atoms with Gasteiger partial charge in [-0.2, -0.15) is 0 Å². The number of nitrogens with zero attached hydrogens (tertiary/aromatic N) is 1. The summed E-state index contributed by atoms with van der Waals surface area (Å²) in [6.07, 6.45) is 1.49. The molecule has 1 saturated heterocycles. The van der Waals surface area contributed by atoms with Crippen LogP contribution >= 0.6 is 0 Å². The maximum Gasteiger partial charge on any atom is 0.307 e. The van der Waals surface area contributed by atoms with Gasteiger partial charge in [-0.1, -0.05) is 0 Å². The molecule has 18 heavy (non-hydrogen) atoms. The second-order valence-electron chi connectivity index (χ2n) is 4.15. The fourth-order valence-corrected chi connectivity index (χ4v) is 1.84. The molecule has 6 heteroatoms. The van der Waals surface area contributed by atoms with E-state index in [0.29, 0.717) is 26.3 Å². The van der Waals surface area contributed by atoms with Gasteiger partial charge in [-0.05, 0) is 12.8 Å². The molecular weight excluding hydrogens is 238 g/mol. The lowest BCUT2D eigenvalue weighted by Gasteiger charge is -2.24. The monoisotopic (exact) mass is 259 g/mol. The quantitative estimate of drug-likeness (QED) is 0.611. The molecule has 0 aromatic carbocycles. The Morgan fingerprint density at radius 2 is 2.11 bits per heavy atom. The third kappa shape index (κ3) is 4.62. The van der Waals surface area contributed by atoms with Crippen LogP contribution in [0, 0.1) is 0 Å². The molecule has 1 rings (SSSR count). The van der Waals surface area contributed by atoms with Crippen molar-refractivity contribution in [3.05, 3.63) is 0 Å². The van der Waals surface area contributed by atoms with Gasteiger partial charge in [0, 0.05) is 26.8 Å². The number of methoxy groups -OCH3 is 2. The summed E-state index contributed by atoms with van der Waals surface area (Å²) in [4.78, 5) is 24.9. The minimum atomic E-state index is -0.362. The highest BCUT2D eigenvalue weighted by Gasteiger charge is 2.28. The zero-order chi connectivity index (χ0) is 13.4. The average Bonchev–Trinajstić information content (AvgIpc) is 2.91. The van der Waals surface area contributed by atoms with Gasteiger partial charge in [-0.3, -0.25) is 9.59 Å². The Labute approximate surface area is 107 Å². The summed E-state index contributed by atoms with van der Waals surface area (Å²) in [5.74, 6) is -0.383. The lowest BCUT2D eigenvalue weighted by atomic mass is 10.2. The molecule has 1 amide bonds. The molecule has 1 aliphatic rings. The van der Waals surface area contributed by atoms with E-state index < -0.39 is 0 Å². The number of ether oxygens (including phenoxy) is 3. The highest BCUT2D eigenvalue weighted by atomic mass is 16.5. The largest absolute Gasteiger partial charge is 0.469 e. The fourth-order valence-electron chi connectivity index (χ4n) is 1.84. The van der Waals surface area contributed by atoms with Crippen molar-refractivity contribution in [3.63, 3.8) is 0 Å². The Hall–Kier alpha value is -1.14. The Morgan fingerprint density at radius 3 is 2.67 bits per heavy atom. The first kappa shape index (κ1) is 14.9. The van der Waals surface area contributed by atoms with Crippen LogP contribution in [0.25, 0.3) is 0 Å². The van der Waals surface area contributed by atoms with Gasteiger partial charge in [0.25, 0.3) is 5.91 Å². The third-order valence-corrected chi connectivity index (χ3v) is 2.90. The van der Waals surface area contributed by atoms with Crippen molar-refractivity contribution in [1.82, 2.24) is 4.90 Å². The molecule has 1 heterocycles. The van der Waals surface area contributed by atoms with Crippen LogP contribution in [0.15, 0.2) is 0 Å². The Morgan fingerprint density at radius 1 is 1.33 bits per heavy atom. The number of hydrogen-bond acceptors (Lipinski definition) is 5. The van der Waals surface area contributed by atoms with E-state index in [0.717, 1.165) is 12.8 Å². The van der Waals surface area contributed by atoms with Gasteiger partial charge >= 0.3 is 5.97 Å². The van der Waals surface area contributed by atoms with Gasteiger partial charge in [0.2, 0.25) is 0 Å². The smallest absolute Gasteiger partial charge is 0.307 e. The van der Waals surface area contributed by atoms with Crippen LogP contribution in [0.5, 0.6) is 0 Å². The maximum absolute atomic E-state index is 12.1. The Bertz CT molecular complexity index is 276. The lowest BCUT2D eigenvalue weighted by molar-refractivity contribution is -0.144. The molecule has 0 aliphatic carbocycles. The van der Waals surface area contributed by atoms with Gasteiger partial charge in [0.05, 0.1) is 20.1 Å². The second kappa shape index (κ2) is 8.05. The van der Waals surface area contributed by atoms with Crippen molar-refractivity contribution in [2.24, 2.45) is 0 Å². The Kier molecular flexibility index (Phi) is 6.67. The first-order valence-electron chi connectivity index (χ1n) is 6.15. The van der Waals surface area contributed by atoms with Crippen LogP contribution in [-0.4, -0.2) is 63.4 Å². The minimum Gasteiger partial charge on any atom is -0.469 e. The molecule has 0 spiro atoms. The zero-order valence-electron chi connectivity index (χ0n) is 11.0.